The zero-order valence-corrected chi connectivity index (χ0v) is 19.0. The van der Waals surface area contributed by atoms with Gasteiger partial charge in [0, 0.05) is 0 Å². The second-order valence-electron chi connectivity index (χ2n) is 6.81. The number of amides is 1. The zero-order valence-electron chi connectivity index (χ0n) is 18.2. The molecule has 8 nitrogen and oxygen atoms in total. The van der Waals surface area contributed by atoms with Gasteiger partial charge in [-0.25, -0.2) is 13.2 Å². The lowest BCUT2D eigenvalue weighted by Gasteiger charge is -2.26. The van der Waals surface area contributed by atoms with Crippen molar-refractivity contribution < 1.29 is 27.5 Å². The second kappa shape index (κ2) is 10.6. The Balaban J connectivity index is 2.00. The fourth-order valence-electron chi connectivity index (χ4n) is 3.16. The number of sulfonamides is 1. The molecule has 0 unspecified atom stereocenters. The first kappa shape index (κ1) is 23.8. The zero-order chi connectivity index (χ0) is 23.8. The van der Waals surface area contributed by atoms with Crippen molar-refractivity contribution in [2.24, 2.45) is 0 Å². The molecule has 0 heterocycles. The number of anilines is 2. The van der Waals surface area contributed by atoms with Gasteiger partial charge in [-0.05, 0) is 43.3 Å². The van der Waals surface area contributed by atoms with Crippen LogP contribution in [0.25, 0.3) is 0 Å². The van der Waals surface area contributed by atoms with Gasteiger partial charge in [0.15, 0.2) is 0 Å². The molecule has 3 rings (SSSR count). The SMILES string of the molecule is CCOc1ccccc1N(CC(=O)Nc1ccccc1C(=O)OC)S(=O)(=O)c1ccccc1. The largest absolute Gasteiger partial charge is 0.492 e. The fourth-order valence-corrected chi connectivity index (χ4v) is 4.61. The summed E-state index contributed by atoms with van der Waals surface area (Å²) in [6.45, 7) is 1.55. The molecule has 0 aliphatic carbocycles. The minimum atomic E-state index is -4.11. The highest BCUT2D eigenvalue weighted by Gasteiger charge is 2.29. The van der Waals surface area contributed by atoms with Gasteiger partial charge >= 0.3 is 5.97 Å². The van der Waals surface area contributed by atoms with Crippen molar-refractivity contribution in [3.63, 3.8) is 0 Å². The summed E-state index contributed by atoms with van der Waals surface area (Å²) in [7, 11) is -2.88. The smallest absolute Gasteiger partial charge is 0.339 e. The molecule has 0 atom stereocenters. The Morgan fingerprint density at radius 1 is 0.909 bits per heavy atom. The van der Waals surface area contributed by atoms with Gasteiger partial charge in [-0.2, -0.15) is 0 Å². The molecular formula is C24H24N2O6S. The van der Waals surface area contributed by atoms with Gasteiger partial charge in [-0.3, -0.25) is 9.10 Å². The Morgan fingerprint density at radius 2 is 1.55 bits per heavy atom. The summed E-state index contributed by atoms with van der Waals surface area (Å²) >= 11 is 0. The maximum atomic E-state index is 13.5. The standard InChI is InChI=1S/C24H24N2O6S/c1-3-32-22-16-10-9-15-21(22)26(33(29,30)18-11-5-4-6-12-18)17-23(27)25-20-14-8-7-13-19(20)24(28)31-2/h4-16H,3,17H2,1-2H3,(H,25,27). The van der Waals surface area contributed by atoms with Crippen LogP contribution in [-0.4, -0.2) is 40.6 Å². The summed E-state index contributed by atoms with van der Waals surface area (Å²) in [5.41, 5.74) is 0.588. The van der Waals surface area contributed by atoms with Crippen LogP contribution in [0.5, 0.6) is 5.75 Å². The average Bonchev–Trinajstić information content (AvgIpc) is 2.83. The molecule has 0 spiro atoms. The first-order valence-electron chi connectivity index (χ1n) is 10.1. The van der Waals surface area contributed by atoms with Gasteiger partial charge < -0.3 is 14.8 Å². The van der Waals surface area contributed by atoms with Crippen LogP contribution in [0.15, 0.2) is 83.8 Å². The summed E-state index contributed by atoms with van der Waals surface area (Å²) in [5.74, 6) is -0.944. The Morgan fingerprint density at radius 3 is 2.24 bits per heavy atom. The van der Waals surface area contributed by atoms with E-state index in [2.05, 4.69) is 5.32 Å². The number of rotatable bonds is 9. The normalized spacial score (nSPS) is 10.8. The highest BCUT2D eigenvalue weighted by molar-refractivity contribution is 7.92. The number of hydrogen-bond acceptors (Lipinski definition) is 6. The maximum Gasteiger partial charge on any atom is 0.339 e. The molecule has 172 valence electrons. The monoisotopic (exact) mass is 468 g/mol. The van der Waals surface area contributed by atoms with Crippen molar-refractivity contribution in [2.75, 3.05) is 29.9 Å². The molecule has 1 amide bonds. The number of nitrogens with zero attached hydrogens (tertiary/aromatic N) is 1. The molecule has 33 heavy (non-hydrogen) atoms. The highest BCUT2D eigenvalue weighted by atomic mass is 32.2. The van der Waals surface area contributed by atoms with E-state index in [1.54, 1.807) is 61.5 Å². The molecule has 0 aliphatic heterocycles. The van der Waals surface area contributed by atoms with E-state index < -0.39 is 28.4 Å². The third kappa shape index (κ3) is 5.50. The van der Waals surface area contributed by atoms with Crippen LogP contribution in [0.1, 0.15) is 17.3 Å². The molecule has 9 heteroatoms. The number of hydrogen-bond donors (Lipinski definition) is 1. The number of ether oxygens (including phenoxy) is 2. The molecule has 3 aromatic rings. The quantitative estimate of drug-likeness (QED) is 0.481. The van der Waals surface area contributed by atoms with Crippen molar-refractivity contribution in [1.82, 2.24) is 0 Å². The first-order chi connectivity index (χ1) is 15.9. The number of nitrogens with one attached hydrogen (secondary N) is 1. The van der Waals surface area contributed by atoms with Crippen LogP contribution < -0.4 is 14.4 Å². The maximum absolute atomic E-state index is 13.5. The van der Waals surface area contributed by atoms with Gasteiger partial charge in [0.1, 0.15) is 12.3 Å². The van der Waals surface area contributed by atoms with E-state index in [4.69, 9.17) is 9.47 Å². The van der Waals surface area contributed by atoms with Crippen molar-refractivity contribution in [3.8, 4) is 5.75 Å². The van der Waals surface area contributed by atoms with Gasteiger partial charge in [-0.1, -0.05) is 42.5 Å². The van der Waals surface area contributed by atoms with Crippen molar-refractivity contribution in [3.05, 3.63) is 84.4 Å². The topological polar surface area (TPSA) is 102 Å². The van der Waals surface area contributed by atoms with Crippen LogP contribution in [0.2, 0.25) is 0 Å². The molecule has 1 N–H and O–H groups in total. The van der Waals surface area contributed by atoms with Gasteiger partial charge in [-0.15, -0.1) is 0 Å². The molecule has 0 saturated carbocycles. The Hall–Kier alpha value is -3.85. The Bertz CT molecular complexity index is 1230. The summed E-state index contributed by atoms with van der Waals surface area (Å²) < 4.78 is 38.4. The van der Waals surface area contributed by atoms with Gasteiger partial charge in [0.2, 0.25) is 5.91 Å². The Labute approximate surface area is 192 Å². The van der Waals surface area contributed by atoms with Crippen molar-refractivity contribution >= 4 is 33.3 Å². The third-order valence-corrected chi connectivity index (χ3v) is 6.43. The Kier molecular flexibility index (Phi) is 7.68. The van der Waals surface area contributed by atoms with E-state index in [1.807, 2.05) is 0 Å². The third-order valence-electron chi connectivity index (χ3n) is 4.66. The van der Waals surface area contributed by atoms with Crippen LogP contribution in [0.4, 0.5) is 11.4 Å². The van der Waals surface area contributed by atoms with Crippen LogP contribution in [0.3, 0.4) is 0 Å². The number of para-hydroxylation sites is 3. The lowest BCUT2D eigenvalue weighted by Crippen LogP contribution is -2.38. The van der Waals surface area contributed by atoms with E-state index in [0.717, 1.165) is 4.31 Å². The summed E-state index contributed by atoms with van der Waals surface area (Å²) in [5, 5.41) is 2.61. The van der Waals surface area contributed by atoms with E-state index in [-0.39, 0.29) is 21.8 Å². The number of carbonyl (C=O) groups is 2. The van der Waals surface area contributed by atoms with Crippen molar-refractivity contribution in [1.29, 1.82) is 0 Å². The lowest BCUT2D eigenvalue weighted by atomic mass is 10.2. The fraction of sp³-hybridized carbons (Fsp3) is 0.167. The van der Waals surface area contributed by atoms with Crippen molar-refractivity contribution in [2.45, 2.75) is 11.8 Å². The number of methoxy groups -OCH3 is 1. The van der Waals surface area contributed by atoms with Crippen LogP contribution in [0, 0.1) is 0 Å². The van der Waals surface area contributed by atoms with E-state index in [9.17, 15) is 18.0 Å². The lowest BCUT2D eigenvalue weighted by molar-refractivity contribution is -0.114. The van der Waals surface area contributed by atoms with Crippen LogP contribution >= 0.6 is 0 Å². The molecule has 0 bridgehead atoms. The van der Waals surface area contributed by atoms with Gasteiger partial charge in [0.25, 0.3) is 10.0 Å². The summed E-state index contributed by atoms with van der Waals surface area (Å²) in [4.78, 5) is 25.0. The predicted octanol–water partition coefficient (Wildman–Crippen LogP) is 3.71. The molecule has 0 aliphatic rings. The number of carbonyl (C=O) groups excluding carboxylic acids is 2. The summed E-state index contributed by atoms with van der Waals surface area (Å²) in [6.07, 6.45) is 0. The second-order valence-corrected chi connectivity index (χ2v) is 8.67. The molecule has 0 saturated heterocycles. The minimum Gasteiger partial charge on any atom is -0.492 e. The molecule has 0 aromatic heterocycles. The van der Waals surface area contributed by atoms with E-state index in [0.29, 0.717) is 12.4 Å². The number of esters is 1. The molecular weight excluding hydrogens is 444 g/mol. The van der Waals surface area contributed by atoms with E-state index in [1.165, 1.54) is 31.4 Å². The molecule has 0 fully saturated rings. The highest BCUT2D eigenvalue weighted by Crippen LogP contribution is 2.32. The number of benzene rings is 3. The minimum absolute atomic E-state index is 0.0269. The first-order valence-corrected chi connectivity index (χ1v) is 11.6. The summed E-state index contributed by atoms with van der Waals surface area (Å²) in [6, 6.07) is 20.7. The van der Waals surface area contributed by atoms with Crippen LogP contribution in [-0.2, 0) is 19.6 Å². The predicted molar refractivity (Wildman–Crippen MR) is 125 cm³/mol. The van der Waals surface area contributed by atoms with E-state index >= 15 is 0 Å². The average molecular weight is 469 g/mol. The molecule has 0 radical (unpaired) electrons. The molecule has 3 aromatic carbocycles. The van der Waals surface area contributed by atoms with Gasteiger partial charge in [0.05, 0.1) is 35.6 Å².